The second-order valence-corrected chi connectivity index (χ2v) is 5.27. The molecule has 90 valence electrons. The fraction of sp³-hybridized carbons (Fsp3) is 0.750. The van der Waals surface area contributed by atoms with Crippen LogP contribution in [0.5, 0.6) is 0 Å². The van der Waals surface area contributed by atoms with E-state index in [1.807, 2.05) is 0 Å². The van der Waals surface area contributed by atoms with Crippen LogP contribution in [0.15, 0.2) is 4.99 Å². The van der Waals surface area contributed by atoms with Crippen molar-refractivity contribution in [1.82, 2.24) is 4.90 Å². The van der Waals surface area contributed by atoms with Crippen molar-refractivity contribution in [2.24, 2.45) is 10.4 Å². The number of rotatable bonds is 4. The summed E-state index contributed by atoms with van der Waals surface area (Å²) in [5, 5.41) is 8.47. The molecule has 0 radical (unpaired) electrons. The minimum atomic E-state index is -0.0594. The van der Waals surface area contributed by atoms with E-state index < -0.39 is 0 Å². The van der Waals surface area contributed by atoms with Gasteiger partial charge in [0.15, 0.2) is 11.6 Å². The molecule has 4 nitrogen and oxygen atoms in total. The van der Waals surface area contributed by atoms with E-state index in [1.165, 1.54) is 0 Å². The van der Waals surface area contributed by atoms with Gasteiger partial charge >= 0.3 is 0 Å². The molecule has 0 aromatic rings. The number of carbonyl (C=O) groups excluding carboxylic acids is 1. The molecule has 0 fully saturated rings. The summed E-state index contributed by atoms with van der Waals surface area (Å²) in [6, 6.07) is 0. The lowest BCUT2D eigenvalue weighted by molar-refractivity contribution is -0.113. The summed E-state index contributed by atoms with van der Waals surface area (Å²) in [6.07, 6.45) is 3.94. The van der Waals surface area contributed by atoms with Gasteiger partial charge in [0, 0.05) is 20.5 Å². The molecule has 0 saturated carbocycles. The Hall–Kier alpha value is -1.37. The third-order valence-corrected chi connectivity index (χ3v) is 2.16. The van der Waals surface area contributed by atoms with Gasteiger partial charge in [-0.3, -0.25) is 4.79 Å². The molecule has 16 heavy (non-hydrogen) atoms. The van der Waals surface area contributed by atoms with Gasteiger partial charge in [-0.1, -0.05) is 20.8 Å². The van der Waals surface area contributed by atoms with Gasteiger partial charge in [0.2, 0.25) is 6.19 Å². The molecule has 0 aliphatic heterocycles. The van der Waals surface area contributed by atoms with E-state index in [2.05, 4.69) is 25.8 Å². The Balaban J connectivity index is 4.26. The first-order chi connectivity index (χ1) is 7.28. The molecule has 0 unspecified atom stereocenters. The zero-order chi connectivity index (χ0) is 12.8. The fourth-order valence-electron chi connectivity index (χ4n) is 1.35. The quantitative estimate of drug-likeness (QED) is 0.417. The average molecular weight is 223 g/mol. The van der Waals surface area contributed by atoms with E-state index in [9.17, 15) is 4.79 Å². The average Bonchev–Trinajstić information content (AvgIpc) is 2.11. The third kappa shape index (κ3) is 6.18. The first kappa shape index (κ1) is 14.6. The highest BCUT2D eigenvalue weighted by molar-refractivity contribution is 6.38. The van der Waals surface area contributed by atoms with Crippen molar-refractivity contribution in [3.05, 3.63) is 0 Å². The molecule has 4 heteroatoms. The molecule has 0 aliphatic rings. The molecule has 0 aliphatic carbocycles. The highest BCUT2D eigenvalue weighted by Gasteiger charge is 2.16. The Morgan fingerprint density at radius 3 is 2.31 bits per heavy atom. The van der Waals surface area contributed by atoms with E-state index in [-0.39, 0.29) is 17.0 Å². The number of nitriles is 1. The van der Waals surface area contributed by atoms with Gasteiger partial charge in [0.25, 0.3) is 0 Å². The van der Waals surface area contributed by atoms with Crippen LogP contribution < -0.4 is 0 Å². The zero-order valence-corrected chi connectivity index (χ0v) is 10.9. The zero-order valence-electron chi connectivity index (χ0n) is 10.9. The summed E-state index contributed by atoms with van der Waals surface area (Å²) >= 11 is 0. The Bertz CT molecular complexity index is 305. The van der Waals surface area contributed by atoms with Crippen LogP contribution in [0.4, 0.5) is 0 Å². The first-order valence-electron chi connectivity index (χ1n) is 5.45. The van der Waals surface area contributed by atoms with Gasteiger partial charge in [-0.2, -0.15) is 10.3 Å². The maximum atomic E-state index is 11.7. The Kier molecular flexibility index (Phi) is 5.73. The van der Waals surface area contributed by atoms with Crippen LogP contribution in [0.3, 0.4) is 0 Å². The van der Waals surface area contributed by atoms with Gasteiger partial charge < -0.3 is 4.90 Å². The molecule has 0 heterocycles. The summed E-state index contributed by atoms with van der Waals surface area (Å²) in [6.45, 7) is 6.44. The predicted molar refractivity (Wildman–Crippen MR) is 65.0 cm³/mol. The van der Waals surface area contributed by atoms with Crippen LogP contribution in [-0.2, 0) is 4.79 Å². The minimum Gasteiger partial charge on any atom is -0.359 e. The highest BCUT2D eigenvalue weighted by atomic mass is 16.1. The molecule has 0 amide bonds. The molecule has 0 aromatic heterocycles. The smallest absolute Gasteiger partial charge is 0.207 e. The van der Waals surface area contributed by atoms with Crippen LogP contribution in [0.25, 0.3) is 0 Å². The topological polar surface area (TPSA) is 56.5 Å². The largest absolute Gasteiger partial charge is 0.359 e. The standard InChI is InChI=1S/C12H21N3O/c1-12(2,3)8-6-7-10(16)11(14-9-13)15(4)5/h6-8H2,1-5H3. The fourth-order valence-corrected chi connectivity index (χ4v) is 1.35. The first-order valence-corrected chi connectivity index (χ1v) is 5.45. The monoisotopic (exact) mass is 223 g/mol. The van der Waals surface area contributed by atoms with E-state index in [0.717, 1.165) is 12.8 Å². The van der Waals surface area contributed by atoms with Crippen LogP contribution >= 0.6 is 0 Å². The van der Waals surface area contributed by atoms with Crippen LogP contribution in [-0.4, -0.2) is 30.6 Å². The Morgan fingerprint density at radius 1 is 1.38 bits per heavy atom. The molecule has 0 saturated heterocycles. The van der Waals surface area contributed by atoms with Crippen molar-refractivity contribution >= 4 is 11.6 Å². The number of carbonyl (C=O) groups is 1. The summed E-state index contributed by atoms with van der Waals surface area (Å²) in [5.74, 6) is 0.187. The van der Waals surface area contributed by atoms with E-state index in [0.29, 0.717) is 6.42 Å². The summed E-state index contributed by atoms with van der Waals surface area (Å²) in [5.41, 5.74) is 0.241. The lowest BCUT2D eigenvalue weighted by Gasteiger charge is -2.18. The molecule has 0 rings (SSSR count). The van der Waals surface area contributed by atoms with Crippen molar-refractivity contribution in [1.29, 1.82) is 5.26 Å². The number of hydrogen-bond acceptors (Lipinski definition) is 3. The third-order valence-electron chi connectivity index (χ3n) is 2.16. The summed E-state index contributed by atoms with van der Waals surface area (Å²) in [4.78, 5) is 16.9. The number of likely N-dealkylation sites (N-methyl/N-ethyl adjacent to an activating group) is 1. The van der Waals surface area contributed by atoms with E-state index in [4.69, 9.17) is 5.26 Å². The maximum absolute atomic E-state index is 11.7. The number of Topliss-reactive ketones (excluding diaryl/α,β-unsaturated/α-hetero) is 1. The molecule has 0 bridgehead atoms. The summed E-state index contributed by atoms with van der Waals surface area (Å²) in [7, 11) is 3.44. The van der Waals surface area contributed by atoms with Crippen molar-refractivity contribution < 1.29 is 4.79 Å². The molecular formula is C12H21N3O. The minimum absolute atomic E-state index is 0.0594. The summed E-state index contributed by atoms with van der Waals surface area (Å²) < 4.78 is 0. The lowest BCUT2D eigenvalue weighted by atomic mass is 9.89. The number of aliphatic imine (C=N–C) groups is 1. The highest BCUT2D eigenvalue weighted by Crippen LogP contribution is 2.21. The Labute approximate surface area is 98.0 Å². The van der Waals surface area contributed by atoms with Gasteiger partial charge in [-0.15, -0.1) is 0 Å². The van der Waals surface area contributed by atoms with Gasteiger partial charge in [0.05, 0.1) is 0 Å². The van der Waals surface area contributed by atoms with Crippen molar-refractivity contribution in [2.45, 2.75) is 40.0 Å². The molecular weight excluding hydrogens is 202 g/mol. The van der Waals surface area contributed by atoms with Crippen LogP contribution in [0.1, 0.15) is 40.0 Å². The van der Waals surface area contributed by atoms with Gasteiger partial charge in [0.1, 0.15) is 0 Å². The number of ketones is 1. The van der Waals surface area contributed by atoms with Gasteiger partial charge in [-0.25, -0.2) is 0 Å². The van der Waals surface area contributed by atoms with Crippen molar-refractivity contribution in [3.8, 4) is 6.19 Å². The van der Waals surface area contributed by atoms with E-state index >= 15 is 0 Å². The predicted octanol–water partition coefficient (Wildman–Crippen LogP) is 2.21. The number of nitrogens with zero attached hydrogens (tertiary/aromatic N) is 3. The lowest BCUT2D eigenvalue weighted by Crippen LogP contribution is -2.30. The second kappa shape index (κ2) is 6.26. The van der Waals surface area contributed by atoms with Gasteiger partial charge in [-0.05, 0) is 18.3 Å². The SMILES string of the molecule is CN(C)C(=NC#N)C(=O)CCCC(C)(C)C. The van der Waals surface area contributed by atoms with Crippen LogP contribution in [0, 0.1) is 16.9 Å². The second-order valence-electron chi connectivity index (χ2n) is 5.27. The molecule has 0 aromatic carbocycles. The van der Waals surface area contributed by atoms with E-state index in [1.54, 1.807) is 25.2 Å². The molecule has 0 N–H and O–H groups in total. The molecule has 0 spiro atoms. The van der Waals surface area contributed by atoms with Crippen LogP contribution in [0.2, 0.25) is 0 Å². The Morgan fingerprint density at radius 2 is 1.94 bits per heavy atom. The van der Waals surface area contributed by atoms with Crippen molar-refractivity contribution in [2.75, 3.05) is 14.1 Å². The molecule has 0 atom stereocenters. The van der Waals surface area contributed by atoms with Crippen molar-refractivity contribution in [3.63, 3.8) is 0 Å². The maximum Gasteiger partial charge on any atom is 0.207 e. The normalized spacial score (nSPS) is 12.1. The number of amidine groups is 1. The number of hydrogen-bond donors (Lipinski definition) is 0.